The summed E-state index contributed by atoms with van der Waals surface area (Å²) in [4.78, 5) is 37.0. The molecule has 0 atom stereocenters. The molecule has 1 aromatic heterocycles. The van der Waals surface area contributed by atoms with Gasteiger partial charge in [0.05, 0.1) is 11.1 Å². The molecule has 0 radical (unpaired) electrons. The SMILES string of the molecule is Cn1cccc1C(=O)OCN1C(=O)c2ccccc2C1=O. The van der Waals surface area contributed by atoms with Gasteiger partial charge in [0, 0.05) is 13.2 Å². The van der Waals surface area contributed by atoms with Crippen molar-refractivity contribution in [2.24, 2.45) is 7.05 Å². The molecule has 2 aromatic rings. The molecule has 6 heteroatoms. The van der Waals surface area contributed by atoms with Crippen molar-refractivity contribution in [1.82, 2.24) is 9.47 Å². The summed E-state index contributed by atoms with van der Waals surface area (Å²) in [6.45, 7) is -0.393. The minimum atomic E-state index is -0.584. The molecule has 1 aromatic carbocycles. The highest BCUT2D eigenvalue weighted by atomic mass is 16.5. The lowest BCUT2D eigenvalue weighted by atomic mass is 10.1. The van der Waals surface area contributed by atoms with Crippen molar-refractivity contribution in [2.45, 2.75) is 0 Å². The maximum Gasteiger partial charge on any atom is 0.356 e. The Labute approximate surface area is 120 Å². The van der Waals surface area contributed by atoms with E-state index >= 15 is 0 Å². The van der Waals surface area contributed by atoms with Crippen molar-refractivity contribution in [3.63, 3.8) is 0 Å². The Morgan fingerprint density at radius 1 is 1.05 bits per heavy atom. The van der Waals surface area contributed by atoms with Gasteiger partial charge in [-0.3, -0.25) is 9.59 Å². The number of imide groups is 1. The number of hydrogen-bond acceptors (Lipinski definition) is 4. The van der Waals surface area contributed by atoms with Crippen LogP contribution >= 0.6 is 0 Å². The first-order valence-electron chi connectivity index (χ1n) is 6.33. The van der Waals surface area contributed by atoms with E-state index in [9.17, 15) is 14.4 Å². The molecule has 0 aliphatic carbocycles. The number of aryl methyl sites for hydroxylation is 1. The molecule has 0 unspecified atom stereocenters. The molecular weight excluding hydrogens is 272 g/mol. The van der Waals surface area contributed by atoms with Gasteiger partial charge in [-0.1, -0.05) is 12.1 Å². The number of carbonyl (C=O) groups is 3. The van der Waals surface area contributed by atoms with Crippen molar-refractivity contribution in [3.8, 4) is 0 Å². The molecule has 0 bridgehead atoms. The second kappa shape index (κ2) is 4.90. The summed E-state index contributed by atoms with van der Waals surface area (Å²) in [5.74, 6) is -1.48. The van der Waals surface area contributed by atoms with Crippen LogP contribution in [0.5, 0.6) is 0 Å². The van der Waals surface area contributed by atoms with Crippen LogP contribution in [0, 0.1) is 0 Å². The predicted octanol–water partition coefficient (Wildman–Crippen LogP) is 1.44. The highest BCUT2D eigenvalue weighted by Crippen LogP contribution is 2.22. The van der Waals surface area contributed by atoms with Gasteiger partial charge in [-0.15, -0.1) is 0 Å². The first-order valence-corrected chi connectivity index (χ1v) is 6.33. The lowest BCUT2D eigenvalue weighted by Crippen LogP contribution is -2.33. The van der Waals surface area contributed by atoms with Crippen LogP contribution in [-0.2, 0) is 11.8 Å². The lowest BCUT2D eigenvalue weighted by molar-refractivity contribution is 0.0221. The molecule has 6 nitrogen and oxygen atoms in total. The Morgan fingerprint density at radius 3 is 2.19 bits per heavy atom. The Balaban J connectivity index is 1.73. The molecule has 106 valence electrons. The molecule has 2 heterocycles. The van der Waals surface area contributed by atoms with E-state index in [4.69, 9.17) is 4.74 Å². The topological polar surface area (TPSA) is 68.6 Å². The predicted molar refractivity (Wildman–Crippen MR) is 72.6 cm³/mol. The molecule has 0 spiro atoms. The first-order chi connectivity index (χ1) is 10.1. The average Bonchev–Trinajstić information content (AvgIpc) is 3.01. The zero-order chi connectivity index (χ0) is 15.0. The monoisotopic (exact) mass is 284 g/mol. The van der Waals surface area contributed by atoms with Crippen molar-refractivity contribution >= 4 is 17.8 Å². The molecule has 0 saturated heterocycles. The molecule has 0 N–H and O–H groups in total. The molecule has 1 aliphatic rings. The van der Waals surface area contributed by atoms with E-state index in [1.165, 1.54) is 0 Å². The van der Waals surface area contributed by atoms with E-state index in [0.717, 1.165) is 4.90 Å². The van der Waals surface area contributed by atoms with Gasteiger partial charge in [0.1, 0.15) is 5.69 Å². The number of ether oxygens (including phenoxy) is 1. The van der Waals surface area contributed by atoms with E-state index in [0.29, 0.717) is 16.8 Å². The Morgan fingerprint density at radius 2 is 1.67 bits per heavy atom. The molecule has 0 fully saturated rings. The fraction of sp³-hybridized carbons (Fsp3) is 0.133. The fourth-order valence-electron chi connectivity index (χ4n) is 2.23. The zero-order valence-electron chi connectivity index (χ0n) is 11.3. The Bertz CT molecular complexity index is 713. The van der Waals surface area contributed by atoms with Crippen LogP contribution in [0.4, 0.5) is 0 Å². The number of aromatic nitrogens is 1. The van der Waals surface area contributed by atoms with Gasteiger partial charge in [0.15, 0.2) is 6.73 Å². The van der Waals surface area contributed by atoms with Crippen molar-refractivity contribution in [1.29, 1.82) is 0 Å². The number of amides is 2. The van der Waals surface area contributed by atoms with Gasteiger partial charge in [0.2, 0.25) is 0 Å². The second-order valence-corrected chi connectivity index (χ2v) is 4.65. The highest BCUT2D eigenvalue weighted by molar-refractivity contribution is 6.21. The maximum absolute atomic E-state index is 12.1. The summed E-state index contributed by atoms with van der Waals surface area (Å²) >= 11 is 0. The van der Waals surface area contributed by atoms with Crippen LogP contribution in [0.1, 0.15) is 31.2 Å². The standard InChI is InChI=1S/C15H12N2O4/c1-16-8-4-7-12(16)15(20)21-9-17-13(18)10-5-2-3-6-11(10)14(17)19/h2-8H,9H2,1H3. The molecule has 21 heavy (non-hydrogen) atoms. The average molecular weight is 284 g/mol. The first kappa shape index (κ1) is 13.1. The number of fused-ring (bicyclic) bond motifs is 1. The fourth-order valence-corrected chi connectivity index (χ4v) is 2.23. The van der Waals surface area contributed by atoms with E-state index in [1.54, 1.807) is 54.2 Å². The molecular formula is C15H12N2O4. The van der Waals surface area contributed by atoms with Crippen molar-refractivity contribution in [2.75, 3.05) is 6.73 Å². The smallest absolute Gasteiger partial charge is 0.356 e. The maximum atomic E-state index is 12.1. The van der Waals surface area contributed by atoms with E-state index < -0.39 is 24.5 Å². The third kappa shape index (κ3) is 2.10. The minimum Gasteiger partial charge on any atom is -0.439 e. The summed E-state index contributed by atoms with van der Waals surface area (Å²) in [5, 5.41) is 0. The number of esters is 1. The summed E-state index contributed by atoms with van der Waals surface area (Å²) in [7, 11) is 1.71. The van der Waals surface area contributed by atoms with Crippen LogP contribution in [-0.4, -0.2) is 34.0 Å². The Kier molecular flexibility index (Phi) is 3.06. The van der Waals surface area contributed by atoms with Crippen LogP contribution in [0.3, 0.4) is 0 Å². The quantitative estimate of drug-likeness (QED) is 0.631. The third-order valence-electron chi connectivity index (χ3n) is 3.36. The summed E-state index contributed by atoms with van der Waals surface area (Å²) in [6.07, 6.45) is 1.71. The van der Waals surface area contributed by atoms with Crippen LogP contribution in [0.2, 0.25) is 0 Å². The van der Waals surface area contributed by atoms with Crippen LogP contribution in [0.15, 0.2) is 42.6 Å². The number of rotatable bonds is 3. The third-order valence-corrected chi connectivity index (χ3v) is 3.36. The minimum absolute atomic E-state index is 0.331. The van der Waals surface area contributed by atoms with Crippen molar-refractivity contribution in [3.05, 3.63) is 59.4 Å². The van der Waals surface area contributed by atoms with Gasteiger partial charge >= 0.3 is 5.97 Å². The van der Waals surface area contributed by atoms with E-state index in [1.807, 2.05) is 0 Å². The van der Waals surface area contributed by atoms with Crippen molar-refractivity contribution < 1.29 is 19.1 Å². The number of benzene rings is 1. The van der Waals surface area contributed by atoms with Gasteiger partial charge in [0.25, 0.3) is 11.8 Å². The van der Waals surface area contributed by atoms with Gasteiger partial charge < -0.3 is 9.30 Å². The number of nitrogens with zero attached hydrogens (tertiary/aromatic N) is 2. The highest BCUT2D eigenvalue weighted by Gasteiger charge is 2.35. The van der Waals surface area contributed by atoms with Gasteiger partial charge in [-0.2, -0.15) is 0 Å². The number of hydrogen-bond donors (Lipinski definition) is 0. The van der Waals surface area contributed by atoms with Gasteiger partial charge in [-0.25, -0.2) is 9.69 Å². The molecule has 1 aliphatic heterocycles. The van der Waals surface area contributed by atoms with Crippen LogP contribution in [0.25, 0.3) is 0 Å². The molecule has 0 saturated carbocycles. The summed E-state index contributed by atoms with van der Waals surface area (Å²) in [6, 6.07) is 9.83. The molecule has 3 rings (SSSR count). The number of carbonyl (C=O) groups excluding carboxylic acids is 3. The van der Waals surface area contributed by atoms with Crippen LogP contribution < -0.4 is 0 Å². The Hall–Kier alpha value is -2.89. The summed E-state index contributed by atoms with van der Waals surface area (Å²) in [5.41, 5.74) is 1.02. The van der Waals surface area contributed by atoms with E-state index in [-0.39, 0.29) is 0 Å². The van der Waals surface area contributed by atoms with E-state index in [2.05, 4.69) is 0 Å². The van der Waals surface area contributed by atoms with Gasteiger partial charge in [-0.05, 0) is 24.3 Å². The summed E-state index contributed by atoms with van der Waals surface area (Å²) < 4.78 is 6.65. The zero-order valence-corrected chi connectivity index (χ0v) is 11.3. The lowest BCUT2D eigenvalue weighted by Gasteiger charge is -2.14. The normalized spacial score (nSPS) is 13.5. The largest absolute Gasteiger partial charge is 0.439 e. The molecule has 2 amide bonds. The second-order valence-electron chi connectivity index (χ2n) is 4.65.